The molecule has 0 amide bonds. The molecule has 0 saturated carbocycles. The number of halogens is 2. The fourth-order valence-electron chi connectivity index (χ4n) is 2.77. The van der Waals surface area contributed by atoms with Gasteiger partial charge in [-0.15, -0.1) is 0 Å². The lowest BCUT2D eigenvalue weighted by molar-refractivity contribution is 0.890. The Kier molecular flexibility index (Phi) is 5.88. The lowest BCUT2D eigenvalue weighted by Crippen LogP contribution is -2.11. The van der Waals surface area contributed by atoms with Crippen molar-refractivity contribution in [2.24, 2.45) is 0 Å². The van der Waals surface area contributed by atoms with Gasteiger partial charge in [0, 0.05) is 28.3 Å². The molecule has 130 valence electrons. The van der Waals surface area contributed by atoms with Crippen LogP contribution in [0.4, 0.5) is 11.5 Å². The number of nitrogens with one attached hydrogen (secondary N) is 1. The highest BCUT2D eigenvalue weighted by Crippen LogP contribution is 2.35. The number of rotatable bonds is 5. The molecule has 0 aliphatic rings. The van der Waals surface area contributed by atoms with E-state index in [0.29, 0.717) is 5.82 Å². The Balaban J connectivity index is 2.10. The third-order valence-corrected chi connectivity index (χ3v) is 5.96. The number of pyridine rings is 1. The highest BCUT2D eigenvalue weighted by atomic mass is 79.9. The zero-order valence-corrected chi connectivity index (χ0v) is 17.6. The summed E-state index contributed by atoms with van der Waals surface area (Å²) >= 11 is 9.41. The van der Waals surface area contributed by atoms with Gasteiger partial charge in [-0.1, -0.05) is 27.3 Å². The third kappa shape index (κ3) is 4.11. The van der Waals surface area contributed by atoms with E-state index >= 15 is 0 Å². The molecule has 7 heteroatoms. The molecule has 3 aromatic rings. The summed E-state index contributed by atoms with van der Waals surface area (Å²) in [6, 6.07) is 8.47. The van der Waals surface area contributed by atoms with Crippen LogP contribution in [0.25, 0.3) is 10.9 Å². The van der Waals surface area contributed by atoms with Crippen molar-refractivity contribution in [1.29, 1.82) is 0 Å². The second kappa shape index (κ2) is 7.94. The first kappa shape index (κ1) is 18.5. The van der Waals surface area contributed by atoms with Gasteiger partial charge in [0.2, 0.25) is 5.28 Å². The predicted octanol–water partition coefficient (Wildman–Crippen LogP) is 5.50. The number of benzene rings is 1. The maximum Gasteiger partial charge on any atom is 0.224 e. The van der Waals surface area contributed by atoms with Gasteiger partial charge >= 0.3 is 0 Å². The van der Waals surface area contributed by atoms with E-state index in [1.54, 1.807) is 6.20 Å². The molecule has 0 saturated heterocycles. The lowest BCUT2D eigenvalue weighted by atomic mass is 10.1. The van der Waals surface area contributed by atoms with Crippen LogP contribution in [0.1, 0.15) is 19.0 Å². The van der Waals surface area contributed by atoms with Crippen molar-refractivity contribution in [3.63, 3.8) is 0 Å². The second-order valence-electron chi connectivity index (χ2n) is 5.94. The average molecular weight is 438 g/mol. The molecule has 2 aromatic heterocycles. The number of fused-ring (bicyclic) bond motifs is 1. The van der Waals surface area contributed by atoms with Gasteiger partial charge in [0.15, 0.2) is 0 Å². The van der Waals surface area contributed by atoms with Crippen molar-refractivity contribution in [3.8, 4) is 0 Å². The number of anilines is 2. The standard InChI is InChI=1S/C18H19BrClN4P/c1-4-5-11-6-7-12-14(22-11)8-9-15(16(12)25(2)3)23-17-13(19)10-21-18(20)24-17/h6-10H,4-5H2,1-3H3,(H,21,23,24). The smallest absolute Gasteiger partial charge is 0.224 e. The Bertz CT molecular complexity index is 917. The van der Waals surface area contributed by atoms with Crippen LogP contribution in [0, 0.1) is 0 Å². The summed E-state index contributed by atoms with van der Waals surface area (Å²) in [5.41, 5.74) is 3.22. The molecule has 1 N–H and O–H groups in total. The van der Waals surface area contributed by atoms with Crippen LogP contribution >= 0.6 is 35.5 Å². The van der Waals surface area contributed by atoms with Crippen LogP contribution in [0.2, 0.25) is 5.28 Å². The summed E-state index contributed by atoms with van der Waals surface area (Å²) in [5, 5.41) is 6.09. The number of nitrogens with zero attached hydrogens (tertiary/aromatic N) is 3. The molecule has 25 heavy (non-hydrogen) atoms. The second-order valence-corrected chi connectivity index (χ2v) is 9.36. The van der Waals surface area contributed by atoms with Crippen LogP contribution in [-0.2, 0) is 6.42 Å². The summed E-state index contributed by atoms with van der Waals surface area (Å²) < 4.78 is 0.774. The number of aryl methyl sites for hydroxylation is 1. The molecule has 2 heterocycles. The number of aromatic nitrogens is 3. The molecule has 0 fully saturated rings. The minimum Gasteiger partial charge on any atom is -0.339 e. The minimum absolute atomic E-state index is 0.217. The molecule has 0 atom stereocenters. The maximum atomic E-state index is 5.94. The van der Waals surface area contributed by atoms with E-state index in [1.807, 2.05) is 0 Å². The van der Waals surface area contributed by atoms with Crippen LogP contribution in [0.5, 0.6) is 0 Å². The van der Waals surface area contributed by atoms with Gasteiger partial charge in [-0.05, 0) is 65.5 Å². The molecule has 0 aliphatic carbocycles. The molecule has 1 aromatic carbocycles. The van der Waals surface area contributed by atoms with Gasteiger partial charge in [-0.2, -0.15) is 4.98 Å². The van der Waals surface area contributed by atoms with E-state index in [2.05, 4.69) is 75.7 Å². The average Bonchev–Trinajstić information content (AvgIpc) is 2.58. The van der Waals surface area contributed by atoms with Crippen molar-refractivity contribution in [1.82, 2.24) is 15.0 Å². The molecule has 0 spiro atoms. The van der Waals surface area contributed by atoms with Crippen molar-refractivity contribution < 1.29 is 0 Å². The predicted molar refractivity (Wildman–Crippen MR) is 112 cm³/mol. The zero-order valence-electron chi connectivity index (χ0n) is 14.3. The van der Waals surface area contributed by atoms with Gasteiger partial charge in [0.05, 0.1) is 9.99 Å². The number of hydrogen-bond acceptors (Lipinski definition) is 4. The molecule has 0 radical (unpaired) electrons. The minimum atomic E-state index is -0.341. The van der Waals surface area contributed by atoms with Gasteiger partial charge in [-0.3, -0.25) is 4.98 Å². The van der Waals surface area contributed by atoms with E-state index < -0.39 is 0 Å². The lowest BCUT2D eigenvalue weighted by Gasteiger charge is -2.18. The Morgan fingerprint density at radius 1 is 1.16 bits per heavy atom. The molecular formula is C18H19BrClN4P. The molecule has 0 aliphatic heterocycles. The normalized spacial score (nSPS) is 11.3. The van der Waals surface area contributed by atoms with Gasteiger partial charge in [0.25, 0.3) is 0 Å². The monoisotopic (exact) mass is 436 g/mol. The Hall–Kier alpha value is -1.29. The quantitative estimate of drug-likeness (QED) is 0.423. The summed E-state index contributed by atoms with van der Waals surface area (Å²) in [4.78, 5) is 13.1. The van der Waals surface area contributed by atoms with Gasteiger partial charge in [-0.25, -0.2) is 4.98 Å². The third-order valence-electron chi connectivity index (χ3n) is 3.82. The number of hydrogen-bond donors (Lipinski definition) is 1. The first-order valence-electron chi connectivity index (χ1n) is 8.04. The largest absolute Gasteiger partial charge is 0.339 e. The molecule has 0 unspecified atom stereocenters. The maximum absolute atomic E-state index is 5.94. The summed E-state index contributed by atoms with van der Waals surface area (Å²) in [6.45, 7) is 6.67. The van der Waals surface area contributed by atoms with Crippen LogP contribution < -0.4 is 10.6 Å². The highest BCUT2D eigenvalue weighted by Gasteiger charge is 2.14. The molecular weight excluding hydrogens is 419 g/mol. The summed E-state index contributed by atoms with van der Waals surface area (Å²) in [6.07, 6.45) is 3.75. The van der Waals surface area contributed by atoms with E-state index in [1.165, 1.54) is 10.7 Å². The Morgan fingerprint density at radius 3 is 2.68 bits per heavy atom. The first-order valence-corrected chi connectivity index (χ1v) is 11.4. The Morgan fingerprint density at radius 2 is 1.96 bits per heavy atom. The van der Waals surface area contributed by atoms with Crippen LogP contribution in [0.15, 0.2) is 34.9 Å². The van der Waals surface area contributed by atoms with E-state index in [9.17, 15) is 0 Å². The van der Waals surface area contributed by atoms with Crippen LogP contribution in [-0.4, -0.2) is 28.3 Å². The zero-order chi connectivity index (χ0) is 18.0. The van der Waals surface area contributed by atoms with Crippen molar-refractivity contribution in [3.05, 3.63) is 45.9 Å². The van der Waals surface area contributed by atoms with Crippen molar-refractivity contribution >= 4 is 63.2 Å². The van der Waals surface area contributed by atoms with E-state index in [4.69, 9.17) is 16.6 Å². The molecule has 0 bridgehead atoms. The summed E-state index contributed by atoms with van der Waals surface area (Å²) in [5.74, 6) is 0.660. The first-order chi connectivity index (χ1) is 12.0. The van der Waals surface area contributed by atoms with E-state index in [-0.39, 0.29) is 13.2 Å². The highest BCUT2D eigenvalue weighted by molar-refractivity contribution is 9.10. The fraction of sp³-hybridized carbons (Fsp3) is 0.278. The van der Waals surface area contributed by atoms with Gasteiger partial charge in [0.1, 0.15) is 5.82 Å². The van der Waals surface area contributed by atoms with Gasteiger partial charge < -0.3 is 5.32 Å². The fourth-order valence-corrected chi connectivity index (χ4v) is 4.48. The molecule has 4 nitrogen and oxygen atoms in total. The van der Waals surface area contributed by atoms with Crippen molar-refractivity contribution in [2.45, 2.75) is 19.8 Å². The van der Waals surface area contributed by atoms with Crippen molar-refractivity contribution in [2.75, 3.05) is 18.6 Å². The molecule has 3 rings (SSSR count). The summed E-state index contributed by atoms with van der Waals surface area (Å²) in [7, 11) is -0.341. The van der Waals surface area contributed by atoms with Crippen LogP contribution in [0.3, 0.4) is 0 Å². The Labute approximate surface area is 162 Å². The topological polar surface area (TPSA) is 50.7 Å². The van der Waals surface area contributed by atoms with E-state index in [0.717, 1.165) is 34.2 Å². The SMILES string of the molecule is CCCc1ccc2c(P(C)C)c(Nc3nc(Cl)ncc3Br)ccc2n1.